The smallest absolute Gasteiger partial charge is 0.395 e. The molecule has 0 fully saturated rings. The average molecular weight is 420 g/mol. The summed E-state index contributed by atoms with van der Waals surface area (Å²) in [7, 11) is 0. The number of rotatable bonds is 6. The lowest BCUT2D eigenvalue weighted by molar-refractivity contribution is -0.286. The Hall–Kier alpha value is -3.14. The zero-order valence-corrected chi connectivity index (χ0v) is 15.6. The molecule has 2 aliphatic rings. The Morgan fingerprint density at radius 1 is 1.03 bits per heavy atom. The number of amides is 3. The van der Waals surface area contributed by atoms with Crippen molar-refractivity contribution in [2.24, 2.45) is 0 Å². The summed E-state index contributed by atoms with van der Waals surface area (Å²) in [5.74, 6) is -0.863. The minimum absolute atomic E-state index is 0.0633. The molecule has 0 bridgehead atoms. The number of anilines is 1. The maximum Gasteiger partial charge on any atom is 0.586 e. The molecule has 2 aliphatic heterocycles. The van der Waals surface area contributed by atoms with Crippen LogP contribution in [0.3, 0.4) is 0 Å². The van der Waals surface area contributed by atoms with Gasteiger partial charge < -0.3 is 14.8 Å². The Balaban J connectivity index is 1.25. The third kappa shape index (κ3) is 3.88. The Morgan fingerprint density at radius 3 is 2.38 bits per heavy atom. The van der Waals surface area contributed by atoms with Gasteiger partial charge in [-0.2, -0.15) is 11.8 Å². The minimum atomic E-state index is -3.72. The molecule has 0 saturated carbocycles. The van der Waals surface area contributed by atoms with E-state index in [-0.39, 0.29) is 47.2 Å². The third-order valence-electron chi connectivity index (χ3n) is 4.26. The highest BCUT2D eigenvalue weighted by atomic mass is 32.2. The van der Waals surface area contributed by atoms with Gasteiger partial charge in [0.25, 0.3) is 11.8 Å². The molecule has 2 aromatic carbocycles. The van der Waals surface area contributed by atoms with Crippen LogP contribution in [0, 0.1) is 0 Å². The van der Waals surface area contributed by atoms with Crippen molar-refractivity contribution in [3.05, 3.63) is 53.6 Å². The highest BCUT2D eigenvalue weighted by Crippen LogP contribution is 2.42. The van der Waals surface area contributed by atoms with Crippen molar-refractivity contribution in [3.63, 3.8) is 0 Å². The summed E-state index contributed by atoms with van der Waals surface area (Å²) in [5, 5.41) is 2.57. The van der Waals surface area contributed by atoms with Crippen molar-refractivity contribution in [3.8, 4) is 11.5 Å². The summed E-state index contributed by atoms with van der Waals surface area (Å²) < 4.78 is 34.7. The molecular formula is C19H14F2N2O5S. The standard InChI is InChI=1S/C19H14F2N2O5S/c20-19(21)27-14-6-5-11(9-15(14)28-19)22-16(24)10-29-8-7-23-17(25)12-3-1-2-4-13(12)18(23)26/h1-6,9H,7-8,10H2,(H,22,24). The lowest BCUT2D eigenvalue weighted by Gasteiger charge is -2.13. The van der Waals surface area contributed by atoms with E-state index >= 15 is 0 Å². The number of alkyl halides is 2. The van der Waals surface area contributed by atoms with Crippen LogP contribution < -0.4 is 14.8 Å². The van der Waals surface area contributed by atoms with Gasteiger partial charge >= 0.3 is 6.29 Å². The molecule has 0 radical (unpaired) electrons. The zero-order valence-electron chi connectivity index (χ0n) is 14.8. The molecule has 0 aromatic heterocycles. The highest BCUT2D eigenvalue weighted by molar-refractivity contribution is 7.99. The number of carbonyl (C=O) groups excluding carboxylic acids is 3. The average Bonchev–Trinajstić information content (AvgIpc) is 3.11. The van der Waals surface area contributed by atoms with E-state index in [0.29, 0.717) is 16.9 Å². The van der Waals surface area contributed by atoms with Gasteiger partial charge in [-0.1, -0.05) is 12.1 Å². The van der Waals surface area contributed by atoms with Crippen LogP contribution >= 0.6 is 11.8 Å². The van der Waals surface area contributed by atoms with E-state index in [1.54, 1.807) is 24.3 Å². The van der Waals surface area contributed by atoms with Crippen LogP contribution in [0.5, 0.6) is 11.5 Å². The van der Waals surface area contributed by atoms with Crippen molar-refractivity contribution in [1.82, 2.24) is 4.90 Å². The number of fused-ring (bicyclic) bond motifs is 2. The molecule has 0 unspecified atom stereocenters. The Bertz CT molecular complexity index is 979. The van der Waals surface area contributed by atoms with Gasteiger partial charge in [0, 0.05) is 24.1 Å². The van der Waals surface area contributed by atoms with E-state index in [2.05, 4.69) is 14.8 Å². The van der Waals surface area contributed by atoms with Crippen molar-refractivity contribution >= 4 is 35.2 Å². The SMILES string of the molecule is O=C(CSCCN1C(=O)c2ccccc2C1=O)Nc1ccc2c(c1)OC(F)(F)O2. The maximum atomic E-state index is 13.0. The fourth-order valence-electron chi connectivity index (χ4n) is 2.99. The second kappa shape index (κ2) is 7.36. The van der Waals surface area contributed by atoms with Crippen molar-refractivity contribution in [1.29, 1.82) is 0 Å². The Morgan fingerprint density at radius 2 is 1.69 bits per heavy atom. The minimum Gasteiger partial charge on any atom is -0.395 e. The molecule has 3 amide bonds. The molecule has 4 rings (SSSR count). The molecule has 0 saturated heterocycles. The van der Waals surface area contributed by atoms with Gasteiger partial charge in [-0.05, 0) is 24.3 Å². The molecule has 10 heteroatoms. The number of benzene rings is 2. The lowest BCUT2D eigenvalue weighted by Crippen LogP contribution is -2.32. The molecule has 0 spiro atoms. The summed E-state index contributed by atoms with van der Waals surface area (Å²) in [5.41, 5.74) is 1.05. The molecule has 2 heterocycles. The highest BCUT2D eigenvalue weighted by Gasteiger charge is 2.43. The predicted octanol–water partition coefficient (Wildman–Crippen LogP) is 2.98. The van der Waals surface area contributed by atoms with Gasteiger partial charge in [0.1, 0.15) is 0 Å². The summed E-state index contributed by atoms with van der Waals surface area (Å²) in [4.78, 5) is 37.7. The molecule has 0 atom stereocenters. The van der Waals surface area contributed by atoms with E-state index in [1.165, 1.54) is 30.0 Å². The van der Waals surface area contributed by atoms with Crippen LogP contribution in [0.2, 0.25) is 0 Å². The number of thioether (sulfide) groups is 1. The molecule has 150 valence electrons. The fourth-order valence-corrected chi connectivity index (χ4v) is 3.70. The first-order valence-corrected chi connectivity index (χ1v) is 9.72. The number of hydrogen-bond acceptors (Lipinski definition) is 6. The van der Waals surface area contributed by atoms with Crippen LogP contribution in [0.4, 0.5) is 14.5 Å². The number of halogens is 2. The summed E-state index contributed by atoms with van der Waals surface area (Å²) >= 11 is 1.24. The molecule has 2 aromatic rings. The monoisotopic (exact) mass is 420 g/mol. The second-order valence-electron chi connectivity index (χ2n) is 6.24. The lowest BCUT2D eigenvalue weighted by atomic mass is 10.1. The van der Waals surface area contributed by atoms with Crippen molar-refractivity contribution in [2.75, 3.05) is 23.4 Å². The molecule has 1 N–H and O–H groups in total. The predicted molar refractivity (Wildman–Crippen MR) is 100 cm³/mol. The summed E-state index contributed by atoms with van der Waals surface area (Å²) in [6, 6.07) is 10.6. The van der Waals surface area contributed by atoms with Gasteiger partial charge in [-0.3, -0.25) is 19.3 Å². The fraction of sp³-hybridized carbons (Fsp3) is 0.211. The molecule has 0 aliphatic carbocycles. The first-order chi connectivity index (χ1) is 13.8. The van der Waals surface area contributed by atoms with Crippen molar-refractivity contribution in [2.45, 2.75) is 6.29 Å². The topological polar surface area (TPSA) is 84.9 Å². The largest absolute Gasteiger partial charge is 0.586 e. The van der Waals surface area contributed by atoms with Gasteiger partial charge in [-0.25, -0.2) is 0 Å². The van der Waals surface area contributed by atoms with Gasteiger partial charge in [0.05, 0.1) is 16.9 Å². The van der Waals surface area contributed by atoms with Crippen LogP contribution in [0.25, 0.3) is 0 Å². The molecule has 7 nitrogen and oxygen atoms in total. The quantitative estimate of drug-likeness (QED) is 0.571. The normalized spacial score (nSPS) is 16.1. The van der Waals surface area contributed by atoms with Gasteiger partial charge in [0.15, 0.2) is 11.5 Å². The Labute approximate surface area is 168 Å². The number of nitrogens with one attached hydrogen (secondary N) is 1. The van der Waals surface area contributed by atoms with Crippen molar-refractivity contribution < 1.29 is 32.6 Å². The maximum absolute atomic E-state index is 13.0. The van der Waals surface area contributed by atoms with E-state index in [0.717, 1.165) is 4.90 Å². The summed E-state index contributed by atoms with van der Waals surface area (Å²) in [6.45, 7) is 0.184. The number of nitrogens with zero attached hydrogens (tertiary/aromatic N) is 1. The number of hydrogen-bond donors (Lipinski definition) is 1. The molecular weight excluding hydrogens is 406 g/mol. The summed E-state index contributed by atoms with van der Waals surface area (Å²) in [6.07, 6.45) is -3.72. The third-order valence-corrected chi connectivity index (χ3v) is 5.19. The Kier molecular flexibility index (Phi) is 4.87. The van der Waals surface area contributed by atoms with E-state index in [4.69, 9.17) is 0 Å². The van der Waals surface area contributed by atoms with Crippen LogP contribution in [0.1, 0.15) is 20.7 Å². The first kappa shape index (κ1) is 19.2. The van der Waals surface area contributed by atoms with Gasteiger partial charge in [-0.15, -0.1) is 8.78 Å². The second-order valence-corrected chi connectivity index (χ2v) is 7.34. The first-order valence-electron chi connectivity index (χ1n) is 8.57. The van der Waals surface area contributed by atoms with Crippen LogP contribution in [-0.4, -0.2) is 47.0 Å². The van der Waals surface area contributed by atoms with Gasteiger partial charge in [0.2, 0.25) is 5.91 Å². The number of carbonyl (C=O) groups is 3. The zero-order chi connectivity index (χ0) is 20.6. The number of ether oxygens (including phenoxy) is 2. The molecule has 29 heavy (non-hydrogen) atoms. The number of imide groups is 1. The van der Waals surface area contributed by atoms with E-state index in [9.17, 15) is 23.2 Å². The van der Waals surface area contributed by atoms with Crippen LogP contribution in [-0.2, 0) is 4.79 Å². The van der Waals surface area contributed by atoms with Crippen LogP contribution in [0.15, 0.2) is 42.5 Å². The van der Waals surface area contributed by atoms with E-state index < -0.39 is 6.29 Å². The van der Waals surface area contributed by atoms with E-state index in [1.807, 2.05) is 0 Å².